The van der Waals surface area contributed by atoms with E-state index >= 15 is 0 Å². The summed E-state index contributed by atoms with van der Waals surface area (Å²) in [5, 5.41) is 9.59. The van der Waals surface area contributed by atoms with Crippen LogP contribution in [-0.4, -0.2) is 35.1 Å². The van der Waals surface area contributed by atoms with Crippen LogP contribution >= 0.6 is 0 Å². The van der Waals surface area contributed by atoms with Crippen molar-refractivity contribution in [1.29, 1.82) is 0 Å². The van der Waals surface area contributed by atoms with Gasteiger partial charge in [0, 0.05) is 107 Å². The van der Waals surface area contributed by atoms with Crippen molar-refractivity contribution in [3.63, 3.8) is 0 Å². The van der Waals surface area contributed by atoms with E-state index < -0.39 is 0 Å². The normalized spacial score (nSPS) is 14.7. The molecule has 0 amide bonds. The van der Waals surface area contributed by atoms with Crippen molar-refractivity contribution in [2.24, 2.45) is 0 Å². The molecule has 2 unspecified atom stereocenters. The minimum atomic E-state index is -0.346. The third-order valence-electron chi connectivity index (χ3n) is 23.7. The predicted octanol–water partition coefficient (Wildman–Crippen LogP) is 25.6. The predicted molar refractivity (Wildman–Crippen MR) is 455 cm³/mol. The average molecular weight is 1400 g/mol. The lowest BCUT2D eigenvalue weighted by molar-refractivity contribution is 0.303. The molecule has 4 aliphatic rings. The molecule has 0 spiro atoms. The summed E-state index contributed by atoms with van der Waals surface area (Å²) in [4.78, 5) is 8.49. The number of pyridine rings is 1. The van der Waals surface area contributed by atoms with Crippen LogP contribution in [0.15, 0.2) is 376 Å². The van der Waals surface area contributed by atoms with E-state index in [0.29, 0.717) is 0 Å². The van der Waals surface area contributed by atoms with Gasteiger partial charge in [0.05, 0.1) is 73.1 Å². The molecule has 2 atom stereocenters. The minimum Gasteiger partial charge on any atom is -0.468 e. The molecule has 0 radical (unpaired) electrons. The minimum absolute atomic E-state index is 0.123. The van der Waals surface area contributed by atoms with Gasteiger partial charge in [-0.1, -0.05) is 212 Å². The Kier molecular flexibility index (Phi) is 12.9. The van der Waals surface area contributed by atoms with E-state index in [9.17, 15) is 0 Å². The first-order valence-electron chi connectivity index (χ1n) is 37.9. The standard InChI is InChI=1S/C102H64N7O/c1-4-26-63(27-5-1)101-77-38-16-23-45-93(77)104(64-28-6-2-7-29-64)97-59-80-79(58-86(97)101)70-51-48-66(108-91-43-21-14-36-75(91)82-55-67(49-52-94(82)108)106-87-39-17-10-32-71(87)72-33-11-18-40-88(72)106)54-78(70)84-57-69(62-103-102(84)85-61-100-98(60-81(80)85)105(65-30-8-3-9-31-65)96-46-24-25-47-99(96)110-100)109-92-44-22-15-37-76(92)83-56-68(50-53-95(83)109)107-89-41-19-12-34-73(89)74-35-13-20-42-90(74)107/h1-62,99,101H/q+1. The fraction of sp³-hybridized carbons (Fsp3) is 0.0196. The molecule has 2 aliphatic heterocycles. The smallest absolute Gasteiger partial charge is 0.254 e. The second-order valence-electron chi connectivity index (χ2n) is 29.4. The maximum absolute atomic E-state index is 7.39. The summed E-state index contributed by atoms with van der Waals surface area (Å²) >= 11 is 0. The van der Waals surface area contributed by atoms with Crippen LogP contribution < -0.4 is 14.2 Å². The monoisotopic (exact) mass is 1400 g/mol. The number of fused-ring (bicyclic) bond motifs is 24. The van der Waals surface area contributed by atoms with Crippen LogP contribution in [0.5, 0.6) is 5.75 Å². The number of para-hydroxylation sites is 9. The molecular weight excluding hydrogens is 1340 g/mol. The molecule has 5 aromatic heterocycles. The zero-order valence-corrected chi connectivity index (χ0v) is 59.5. The zero-order valence-electron chi connectivity index (χ0n) is 59.5. The lowest BCUT2D eigenvalue weighted by Crippen LogP contribution is -2.36. The number of anilines is 3. The second kappa shape index (κ2) is 23.4. The molecule has 110 heavy (non-hydrogen) atoms. The Bertz CT molecular complexity index is 7350. The van der Waals surface area contributed by atoms with Crippen molar-refractivity contribution in [2.75, 3.05) is 4.90 Å². The number of allylic oxidation sites excluding steroid dienone is 2. The number of benzene rings is 15. The number of rotatable bonds is 7. The third-order valence-corrected chi connectivity index (χ3v) is 23.7. The average Bonchev–Trinajstić information content (AvgIpc) is 1.01. The van der Waals surface area contributed by atoms with Crippen molar-refractivity contribution < 1.29 is 4.74 Å². The number of nitrogens with zero attached hydrogens (tertiary/aromatic N) is 7. The van der Waals surface area contributed by atoms with Gasteiger partial charge in [0.1, 0.15) is 0 Å². The third kappa shape index (κ3) is 8.78. The molecule has 0 saturated heterocycles. The van der Waals surface area contributed by atoms with Crippen LogP contribution in [0.3, 0.4) is 0 Å². The summed E-state index contributed by atoms with van der Waals surface area (Å²) in [6.07, 6.45) is 10.4. The highest BCUT2D eigenvalue weighted by Crippen LogP contribution is 2.59. The molecule has 2 aliphatic carbocycles. The van der Waals surface area contributed by atoms with E-state index in [-0.39, 0.29) is 12.0 Å². The maximum atomic E-state index is 7.39. The fourth-order valence-corrected chi connectivity index (χ4v) is 19.1. The molecule has 15 aromatic carbocycles. The van der Waals surface area contributed by atoms with Crippen LogP contribution in [-0.2, 0) is 0 Å². The highest BCUT2D eigenvalue weighted by molar-refractivity contribution is 6.16. The summed E-state index contributed by atoms with van der Waals surface area (Å²) < 4.78 is 19.6. The van der Waals surface area contributed by atoms with Gasteiger partial charge in [0.15, 0.2) is 5.75 Å². The van der Waals surface area contributed by atoms with Gasteiger partial charge in [-0.3, -0.25) is 4.98 Å². The molecule has 0 saturated carbocycles. The van der Waals surface area contributed by atoms with E-state index in [4.69, 9.17) is 9.72 Å². The van der Waals surface area contributed by atoms with Crippen LogP contribution in [0.2, 0.25) is 0 Å². The number of hydrogen-bond acceptors (Lipinski definition) is 3. The van der Waals surface area contributed by atoms with E-state index in [0.717, 1.165) is 140 Å². The first-order valence-corrected chi connectivity index (χ1v) is 37.9. The van der Waals surface area contributed by atoms with E-state index in [2.05, 4.69) is 404 Å². The molecule has 8 heteroatoms. The first kappa shape index (κ1) is 60.6. The second-order valence-corrected chi connectivity index (χ2v) is 29.4. The summed E-state index contributed by atoms with van der Waals surface area (Å²) in [6.45, 7) is 0. The van der Waals surface area contributed by atoms with E-state index in [1.54, 1.807) is 0 Å². The molecule has 0 fully saturated rings. The number of hydrogen-bond donors (Lipinski definition) is 0. The molecule has 0 N–H and O–H groups in total. The highest BCUT2D eigenvalue weighted by atomic mass is 16.5. The SMILES string of the molecule is C1=CC2=[N+](c3ccccc3)c3cc4c(cc3OC2C=C1)-c1ncc(-n2c3ccccc3c3cc(-n5c6ccccc6c6ccccc65)ccc32)cc1-c1cc(-n2c3ccccc3c3cc(-n5c6ccccc6c6ccccc65)ccc32)ccc1-c1cc2c(cc1-4)N(c1ccccc1)c1ccccc1C2c1ccccc1. The van der Waals surface area contributed by atoms with Crippen molar-refractivity contribution in [3.05, 3.63) is 393 Å². The highest BCUT2D eigenvalue weighted by Gasteiger charge is 2.41. The van der Waals surface area contributed by atoms with Crippen LogP contribution in [0.4, 0.5) is 28.4 Å². The van der Waals surface area contributed by atoms with Gasteiger partial charge in [-0.15, -0.1) is 0 Å². The summed E-state index contributed by atoms with van der Waals surface area (Å²) in [6, 6.07) is 128. The van der Waals surface area contributed by atoms with Gasteiger partial charge < -0.3 is 27.9 Å². The Balaban J connectivity index is 0.809. The molecule has 512 valence electrons. The summed E-state index contributed by atoms with van der Waals surface area (Å²) in [7, 11) is 0. The van der Waals surface area contributed by atoms with Crippen molar-refractivity contribution in [1.82, 2.24) is 27.8 Å². The zero-order chi connectivity index (χ0) is 71.8. The topological polar surface area (TPSA) is 48.1 Å². The van der Waals surface area contributed by atoms with E-state index in [1.807, 2.05) is 0 Å². The van der Waals surface area contributed by atoms with Gasteiger partial charge in [0.25, 0.3) is 5.69 Å². The molecule has 8 nitrogen and oxygen atoms in total. The maximum Gasteiger partial charge on any atom is 0.254 e. The van der Waals surface area contributed by atoms with Crippen molar-refractivity contribution >= 4 is 121 Å². The van der Waals surface area contributed by atoms with Crippen LogP contribution in [0.1, 0.15) is 22.6 Å². The molecule has 0 bridgehead atoms. The molecule has 24 rings (SSSR count). The Morgan fingerprint density at radius 2 is 0.755 bits per heavy atom. The van der Waals surface area contributed by atoms with Crippen LogP contribution in [0.25, 0.3) is 155 Å². The van der Waals surface area contributed by atoms with Crippen molar-refractivity contribution in [2.45, 2.75) is 12.0 Å². The van der Waals surface area contributed by atoms with Gasteiger partial charge in [-0.05, 0) is 178 Å². The quantitative estimate of drug-likeness (QED) is 0.149. The fourth-order valence-electron chi connectivity index (χ4n) is 19.1. The Morgan fingerprint density at radius 1 is 0.300 bits per heavy atom. The summed E-state index contributed by atoms with van der Waals surface area (Å²) in [5.41, 5.74) is 31.5. The van der Waals surface area contributed by atoms with Gasteiger partial charge in [-0.25, -0.2) is 0 Å². The van der Waals surface area contributed by atoms with E-state index in [1.165, 1.54) is 71.1 Å². The number of ether oxygens (including phenoxy) is 1. The lowest BCUT2D eigenvalue weighted by atomic mass is 9.75. The van der Waals surface area contributed by atoms with Gasteiger partial charge >= 0.3 is 0 Å². The Hall–Kier alpha value is -14.6. The van der Waals surface area contributed by atoms with Crippen LogP contribution in [0, 0.1) is 0 Å². The molecular formula is C102H64N7O+. The Labute approximate surface area is 633 Å². The van der Waals surface area contributed by atoms with Gasteiger partial charge in [0.2, 0.25) is 17.5 Å². The Morgan fingerprint density at radius 3 is 1.35 bits per heavy atom. The largest absolute Gasteiger partial charge is 0.468 e. The number of aromatic nitrogens is 5. The lowest BCUT2D eigenvalue weighted by Gasteiger charge is -2.39. The summed E-state index contributed by atoms with van der Waals surface area (Å²) in [5.74, 6) is 0.643. The van der Waals surface area contributed by atoms with Crippen molar-refractivity contribution in [3.8, 4) is 73.1 Å². The first-order chi connectivity index (χ1) is 54.6. The molecule has 7 heterocycles. The van der Waals surface area contributed by atoms with Gasteiger partial charge in [-0.2, -0.15) is 4.58 Å². The molecule has 20 aromatic rings.